The first-order valence-corrected chi connectivity index (χ1v) is 8.52. The lowest BCUT2D eigenvalue weighted by Gasteiger charge is -2.13. The molecule has 1 aromatic carbocycles. The van der Waals surface area contributed by atoms with E-state index in [-0.39, 0.29) is 10.7 Å². The second-order valence-corrected chi connectivity index (χ2v) is 7.33. The molecule has 0 spiro atoms. The summed E-state index contributed by atoms with van der Waals surface area (Å²) in [6, 6.07) is 3.78. The predicted octanol–water partition coefficient (Wildman–Crippen LogP) is 5.34. The maximum absolute atomic E-state index is 11.4. The number of alkyl halides is 1. The van der Waals surface area contributed by atoms with Crippen LogP contribution < -0.4 is 5.32 Å². The van der Waals surface area contributed by atoms with Crippen molar-refractivity contribution in [3.05, 3.63) is 49.1 Å². The van der Waals surface area contributed by atoms with Crippen LogP contribution in [-0.4, -0.2) is 5.91 Å². The van der Waals surface area contributed by atoms with Gasteiger partial charge in [0.1, 0.15) is 0 Å². The molecule has 1 atom stereocenters. The molecule has 0 bridgehead atoms. The Kier molecular flexibility index (Phi) is 3.84. The van der Waals surface area contributed by atoms with Crippen molar-refractivity contribution in [2.75, 3.05) is 5.32 Å². The van der Waals surface area contributed by atoms with Crippen LogP contribution in [0.3, 0.4) is 0 Å². The first kappa shape index (κ1) is 14.4. The number of thiophene rings is 1. The fraction of sp³-hybridized carbons (Fsp3) is 0.214. The molecule has 2 heterocycles. The van der Waals surface area contributed by atoms with Crippen LogP contribution in [0, 0.1) is 6.92 Å². The lowest BCUT2D eigenvalue weighted by Crippen LogP contribution is -2.03. The highest BCUT2D eigenvalue weighted by molar-refractivity contribution is 9.09. The fourth-order valence-electron chi connectivity index (χ4n) is 2.22. The molecule has 0 fully saturated rings. The van der Waals surface area contributed by atoms with Crippen molar-refractivity contribution >= 4 is 62.1 Å². The molecule has 1 aromatic heterocycles. The van der Waals surface area contributed by atoms with Crippen molar-refractivity contribution in [2.24, 2.45) is 0 Å². The molecule has 1 amide bonds. The molecule has 2 nitrogen and oxygen atoms in total. The van der Waals surface area contributed by atoms with Crippen molar-refractivity contribution in [2.45, 2.75) is 18.2 Å². The number of hydrogen-bond donors (Lipinski definition) is 1. The maximum atomic E-state index is 11.4. The van der Waals surface area contributed by atoms with Crippen LogP contribution in [0.5, 0.6) is 0 Å². The summed E-state index contributed by atoms with van der Waals surface area (Å²) in [6.45, 7) is 1.98. The van der Waals surface area contributed by atoms with Crippen molar-refractivity contribution < 1.29 is 4.79 Å². The topological polar surface area (TPSA) is 29.1 Å². The van der Waals surface area contributed by atoms with Gasteiger partial charge in [0.15, 0.2) is 0 Å². The van der Waals surface area contributed by atoms with E-state index >= 15 is 0 Å². The van der Waals surface area contributed by atoms with Crippen molar-refractivity contribution in [1.29, 1.82) is 0 Å². The zero-order valence-electron chi connectivity index (χ0n) is 10.5. The van der Waals surface area contributed by atoms with Gasteiger partial charge in [-0.3, -0.25) is 4.79 Å². The molecule has 1 unspecified atom stereocenters. The summed E-state index contributed by atoms with van der Waals surface area (Å²) < 4.78 is 0. The van der Waals surface area contributed by atoms with Gasteiger partial charge in [0.2, 0.25) is 5.91 Å². The van der Waals surface area contributed by atoms with Gasteiger partial charge in [-0.25, -0.2) is 0 Å². The minimum atomic E-state index is -0.0674. The largest absolute Gasteiger partial charge is 0.325 e. The van der Waals surface area contributed by atoms with E-state index in [4.69, 9.17) is 23.2 Å². The number of halogens is 3. The summed E-state index contributed by atoms with van der Waals surface area (Å²) in [5, 5.41) is 6.21. The third-order valence-electron chi connectivity index (χ3n) is 3.28. The molecule has 1 N–H and O–H groups in total. The number of amides is 1. The van der Waals surface area contributed by atoms with E-state index in [0.29, 0.717) is 11.4 Å². The van der Waals surface area contributed by atoms with Crippen LogP contribution in [0.4, 0.5) is 5.69 Å². The number of carbonyl (C=O) groups is 1. The van der Waals surface area contributed by atoms with Crippen LogP contribution in [0.25, 0.3) is 0 Å². The molecule has 20 heavy (non-hydrogen) atoms. The summed E-state index contributed by atoms with van der Waals surface area (Å²) in [6.07, 6.45) is 0.399. The molecular weight excluding hydrogens is 381 g/mol. The third-order valence-corrected chi connectivity index (χ3v) is 6.64. The number of benzene rings is 1. The zero-order chi connectivity index (χ0) is 14.4. The highest BCUT2D eigenvalue weighted by Crippen LogP contribution is 2.44. The number of aryl methyl sites for hydroxylation is 1. The number of hydrogen-bond acceptors (Lipinski definition) is 2. The van der Waals surface area contributed by atoms with Crippen LogP contribution in [-0.2, 0) is 11.2 Å². The van der Waals surface area contributed by atoms with Gasteiger partial charge in [0.25, 0.3) is 0 Å². The summed E-state index contributed by atoms with van der Waals surface area (Å²) in [4.78, 5) is 12.4. The van der Waals surface area contributed by atoms with Gasteiger partial charge >= 0.3 is 0 Å². The minimum absolute atomic E-state index is 0.00402. The lowest BCUT2D eigenvalue weighted by atomic mass is 10.0. The first-order valence-electron chi connectivity index (χ1n) is 5.97. The van der Waals surface area contributed by atoms with E-state index in [9.17, 15) is 4.79 Å². The van der Waals surface area contributed by atoms with E-state index in [0.717, 1.165) is 32.3 Å². The summed E-state index contributed by atoms with van der Waals surface area (Å²) >= 11 is 17.9. The molecule has 0 aliphatic carbocycles. The molecule has 104 valence electrons. The van der Waals surface area contributed by atoms with Crippen molar-refractivity contribution in [3.8, 4) is 0 Å². The average molecular weight is 391 g/mol. The molecule has 6 heteroatoms. The number of nitrogens with one attached hydrogen (secondary N) is 1. The molecule has 3 rings (SSSR count). The Hall–Kier alpha value is -0.550. The minimum Gasteiger partial charge on any atom is -0.325 e. The van der Waals surface area contributed by atoms with Crippen LogP contribution in [0.2, 0.25) is 10.0 Å². The van der Waals surface area contributed by atoms with Gasteiger partial charge in [0.05, 0.1) is 16.3 Å². The van der Waals surface area contributed by atoms with Gasteiger partial charge in [-0.05, 0) is 35.1 Å². The van der Waals surface area contributed by atoms with E-state index in [1.165, 1.54) is 0 Å². The van der Waals surface area contributed by atoms with E-state index in [2.05, 4.69) is 21.2 Å². The highest BCUT2D eigenvalue weighted by atomic mass is 79.9. The van der Waals surface area contributed by atoms with Gasteiger partial charge in [-0.1, -0.05) is 45.2 Å². The second kappa shape index (κ2) is 5.34. The zero-order valence-corrected chi connectivity index (χ0v) is 14.4. The van der Waals surface area contributed by atoms with Crippen molar-refractivity contribution in [1.82, 2.24) is 0 Å². The van der Waals surface area contributed by atoms with Crippen LogP contribution in [0.1, 0.15) is 26.4 Å². The Morgan fingerprint density at radius 1 is 1.40 bits per heavy atom. The van der Waals surface area contributed by atoms with Gasteiger partial charge < -0.3 is 5.32 Å². The Morgan fingerprint density at radius 3 is 2.80 bits per heavy atom. The number of anilines is 1. The highest BCUT2D eigenvalue weighted by Gasteiger charge is 2.24. The Balaban J connectivity index is 2.05. The Morgan fingerprint density at radius 2 is 2.15 bits per heavy atom. The quantitative estimate of drug-likeness (QED) is 0.688. The summed E-state index contributed by atoms with van der Waals surface area (Å²) in [5.74, 6) is 0.00402. The molecule has 0 saturated heterocycles. The summed E-state index contributed by atoms with van der Waals surface area (Å²) in [5.41, 5.74) is 3.77. The molecule has 1 aliphatic rings. The smallest absolute Gasteiger partial charge is 0.228 e. The number of rotatable bonds is 2. The first-order chi connectivity index (χ1) is 9.47. The van der Waals surface area contributed by atoms with Gasteiger partial charge in [0, 0.05) is 15.6 Å². The van der Waals surface area contributed by atoms with E-state index in [1.807, 2.05) is 18.4 Å². The molecule has 0 saturated carbocycles. The second-order valence-electron chi connectivity index (χ2n) is 4.72. The Bertz CT molecular complexity index is 713. The molecule has 2 aromatic rings. The third kappa shape index (κ3) is 2.39. The number of fused-ring (bicyclic) bond motifs is 1. The molecule has 0 radical (unpaired) electrons. The fourth-order valence-corrected chi connectivity index (χ4v) is 4.99. The maximum Gasteiger partial charge on any atom is 0.228 e. The van der Waals surface area contributed by atoms with Gasteiger partial charge in [-0.15, -0.1) is 11.3 Å². The van der Waals surface area contributed by atoms with E-state index in [1.54, 1.807) is 17.4 Å². The van der Waals surface area contributed by atoms with Crippen LogP contribution in [0.15, 0.2) is 17.5 Å². The summed E-state index contributed by atoms with van der Waals surface area (Å²) in [7, 11) is 0. The van der Waals surface area contributed by atoms with Crippen LogP contribution >= 0.6 is 50.5 Å². The average Bonchev–Trinajstić information content (AvgIpc) is 2.91. The lowest BCUT2D eigenvalue weighted by molar-refractivity contribution is -0.115. The standard InChI is InChI=1S/C14H10BrCl2NOS/c1-6-5-20-14(13(6)17)12(15)8-2-7-3-11(19)18-10(7)4-9(8)16/h2,4-5,12H,3H2,1H3,(H,18,19). The SMILES string of the molecule is Cc1csc(C(Br)c2cc3c(cc2Cl)NC(=O)C3)c1Cl. The molecule has 1 aliphatic heterocycles. The number of carbonyl (C=O) groups excluding carboxylic acids is 1. The monoisotopic (exact) mass is 389 g/mol. The van der Waals surface area contributed by atoms with Crippen molar-refractivity contribution in [3.63, 3.8) is 0 Å². The predicted molar refractivity (Wildman–Crippen MR) is 88.6 cm³/mol. The normalized spacial score (nSPS) is 15.1. The molecular formula is C14H10BrCl2NOS. The Labute approximate surface area is 139 Å². The van der Waals surface area contributed by atoms with E-state index < -0.39 is 0 Å². The van der Waals surface area contributed by atoms with Gasteiger partial charge in [-0.2, -0.15) is 0 Å².